The van der Waals surface area contributed by atoms with Gasteiger partial charge >= 0.3 is 0 Å². The molecule has 0 amide bonds. The van der Waals surface area contributed by atoms with Gasteiger partial charge in [-0.25, -0.2) is 6.61 Å². The Labute approximate surface area is 94.9 Å². The summed E-state index contributed by atoms with van der Waals surface area (Å²) in [5.74, 6) is 0.479. The maximum Gasteiger partial charge on any atom is 0.116 e. The zero-order valence-corrected chi connectivity index (χ0v) is 10.2. The summed E-state index contributed by atoms with van der Waals surface area (Å²) in [7, 11) is 1.61. The normalized spacial score (nSPS) is 12.3. The van der Waals surface area contributed by atoms with Gasteiger partial charge in [-0.3, -0.25) is 0 Å². The molecule has 3 heteroatoms. The van der Waals surface area contributed by atoms with E-state index in [-0.39, 0.29) is 32.7 Å². The Balaban J connectivity index is 0. The van der Waals surface area contributed by atoms with Gasteiger partial charge in [-0.05, 0) is 0 Å². The van der Waals surface area contributed by atoms with Crippen molar-refractivity contribution in [3.05, 3.63) is 13.5 Å². The average Bonchev–Trinajstić information content (AvgIpc) is 1.89. The first-order chi connectivity index (χ1) is 4.81. The Bertz CT molecular complexity index is 69.1. The summed E-state index contributed by atoms with van der Waals surface area (Å²) in [6, 6.07) is 0. The molecule has 0 spiro atoms. The number of hydrogen-bond donors (Lipinski definition) is 0. The molecule has 65 valence electrons. The van der Waals surface area contributed by atoms with Crippen molar-refractivity contribution >= 4 is 0 Å². The van der Waals surface area contributed by atoms with Gasteiger partial charge in [0.25, 0.3) is 0 Å². The minimum atomic E-state index is 0. The van der Waals surface area contributed by atoms with Crippen molar-refractivity contribution in [1.29, 1.82) is 0 Å². The Kier molecular flexibility index (Phi) is 14.6. The number of ether oxygens (including phenoxy) is 2. The zero-order valence-electron chi connectivity index (χ0n) is 7.38. The summed E-state index contributed by atoms with van der Waals surface area (Å²) in [6.07, 6.45) is 2.03. The van der Waals surface area contributed by atoms with E-state index in [1.165, 1.54) is 0 Å². The van der Waals surface area contributed by atoms with Crippen LogP contribution in [0.2, 0.25) is 0 Å². The van der Waals surface area contributed by atoms with Gasteiger partial charge in [0.1, 0.15) is 6.79 Å². The van der Waals surface area contributed by atoms with Crippen molar-refractivity contribution < 1.29 is 42.2 Å². The topological polar surface area (TPSA) is 18.5 Å². The molecule has 0 heterocycles. The third kappa shape index (κ3) is 11.0. The summed E-state index contributed by atoms with van der Waals surface area (Å²) in [4.78, 5) is 0. The van der Waals surface area contributed by atoms with Crippen LogP contribution in [0, 0.1) is 19.4 Å². The van der Waals surface area contributed by atoms with E-state index in [0.29, 0.717) is 12.7 Å². The van der Waals surface area contributed by atoms with Gasteiger partial charge in [-0.2, -0.15) is 12.3 Å². The monoisotopic (exact) mass is 233 g/mol. The van der Waals surface area contributed by atoms with Crippen LogP contribution in [-0.2, 0) is 42.2 Å². The number of hydrogen-bond acceptors (Lipinski definition) is 2. The van der Waals surface area contributed by atoms with E-state index >= 15 is 0 Å². The number of rotatable bonds is 6. The van der Waals surface area contributed by atoms with Crippen LogP contribution in [-0.4, -0.2) is 13.9 Å². The van der Waals surface area contributed by atoms with Gasteiger partial charge in [0.15, 0.2) is 0 Å². The summed E-state index contributed by atoms with van der Waals surface area (Å²) in [6.45, 7) is 7.99. The van der Waals surface area contributed by atoms with Gasteiger partial charge in [0.05, 0.1) is 0 Å². The van der Waals surface area contributed by atoms with Gasteiger partial charge in [-0.15, -0.1) is 6.42 Å². The molecular formula is C8H16O2Y-2. The standard InChI is InChI=1S/C8H16O2.Y/c1-4-5-8(2)6-10-7-9-3;/h6,8H,1,4-5,7H2,2-3H3;/q-2;. The Morgan fingerprint density at radius 2 is 2.18 bits per heavy atom. The third-order valence-corrected chi connectivity index (χ3v) is 1.17. The third-order valence-electron chi connectivity index (χ3n) is 1.17. The Morgan fingerprint density at radius 3 is 2.64 bits per heavy atom. The average molecular weight is 233 g/mol. The molecule has 0 aromatic heterocycles. The van der Waals surface area contributed by atoms with Gasteiger partial charge in [0, 0.05) is 39.8 Å². The molecule has 1 radical (unpaired) electrons. The van der Waals surface area contributed by atoms with E-state index in [2.05, 4.69) is 13.8 Å². The number of methoxy groups -OCH3 is 1. The fraction of sp³-hybridized carbons (Fsp3) is 0.750. The van der Waals surface area contributed by atoms with Crippen molar-refractivity contribution in [2.24, 2.45) is 5.92 Å². The van der Waals surface area contributed by atoms with Crippen LogP contribution < -0.4 is 0 Å². The van der Waals surface area contributed by atoms with Gasteiger partial charge < -0.3 is 16.4 Å². The maximum absolute atomic E-state index is 5.02. The summed E-state index contributed by atoms with van der Waals surface area (Å²) in [5, 5.41) is 0. The molecule has 0 N–H and O–H groups in total. The molecule has 0 aromatic carbocycles. The van der Waals surface area contributed by atoms with Crippen molar-refractivity contribution in [3.8, 4) is 0 Å². The minimum absolute atomic E-state index is 0. The molecule has 0 rings (SSSR count). The van der Waals surface area contributed by atoms with E-state index in [4.69, 9.17) is 9.47 Å². The van der Waals surface area contributed by atoms with Crippen LogP contribution in [0.15, 0.2) is 0 Å². The van der Waals surface area contributed by atoms with E-state index in [1.807, 2.05) is 0 Å². The zero-order chi connectivity index (χ0) is 7.82. The summed E-state index contributed by atoms with van der Waals surface area (Å²) >= 11 is 0. The smallest absolute Gasteiger partial charge is 0.116 e. The van der Waals surface area contributed by atoms with Crippen LogP contribution in [0.3, 0.4) is 0 Å². The second-order valence-corrected chi connectivity index (χ2v) is 2.33. The second-order valence-electron chi connectivity index (χ2n) is 2.33. The molecule has 11 heavy (non-hydrogen) atoms. The fourth-order valence-corrected chi connectivity index (χ4v) is 0.662. The first-order valence-corrected chi connectivity index (χ1v) is 3.54. The quantitative estimate of drug-likeness (QED) is 0.397. The van der Waals surface area contributed by atoms with Crippen LogP contribution in [0.5, 0.6) is 0 Å². The molecule has 0 saturated heterocycles. The van der Waals surface area contributed by atoms with Crippen molar-refractivity contribution in [2.45, 2.75) is 19.8 Å². The Hall–Kier alpha value is 1.02. The molecule has 0 aliphatic carbocycles. The minimum Gasteiger partial charge on any atom is -0.532 e. The van der Waals surface area contributed by atoms with Crippen LogP contribution in [0.25, 0.3) is 0 Å². The van der Waals surface area contributed by atoms with Gasteiger partial charge in [0.2, 0.25) is 0 Å². The van der Waals surface area contributed by atoms with E-state index in [1.54, 1.807) is 13.7 Å². The van der Waals surface area contributed by atoms with E-state index in [0.717, 1.165) is 12.8 Å². The first kappa shape index (κ1) is 14.5. The maximum atomic E-state index is 5.02. The SMILES string of the molecule is [CH2-]CCC(C)[CH-]OCOC.[Y]. The molecule has 1 unspecified atom stereocenters. The predicted octanol–water partition coefficient (Wildman–Crippen LogP) is 2.02. The van der Waals surface area contributed by atoms with Crippen LogP contribution in [0.1, 0.15) is 19.8 Å². The van der Waals surface area contributed by atoms with Crippen molar-refractivity contribution in [3.63, 3.8) is 0 Å². The van der Waals surface area contributed by atoms with E-state index in [9.17, 15) is 0 Å². The van der Waals surface area contributed by atoms with Crippen LogP contribution in [0.4, 0.5) is 0 Å². The fourth-order valence-electron chi connectivity index (χ4n) is 0.662. The first-order valence-electron chi connectivity index (χ1n) is 3.54. The van der Waals surface area contributed by atoms with E-state index < -0.39 is 0 Å². The molecule has 0 aliphatic rings. The molecule has 0 saturated carbocycles. The van der Waals surface area contributed by atoms with Crippen molar-refractivity contribution in [1.82, 2.24) is 0 Å². The summed E-state index contributed by atoms with van der Waals surface area (Å²) < 4.78 is 9.72. The molecule has 2 nitrogen and oxygen atoms in total. The van der Waals surface area contributed by atoms with Crippen molar-refractivity contribution in [2.75, 3.05) is 13.9 Å². The van der Waals surface area contributed by atoms with Crippen LogP contribution >= 0.6 is 0 Å². The molecule has 0 aliphatic heterocycles. The summed E-state index contributed by atoms with van der Waals surface area (Å²) in [5.41, 5.74) is 0. The second kappa shape index (κ2) is 11.0. The molecular weight excluding hydrogens is 217 g/mol. The van der Waals surface area contributed by atoms with Gasteiger partial charge in [-0.1, -0.05) is 6.92 Å². The largest absolute Gasteiger partial charge is 0.532 e. The molecule has 0 bridgehead atoms. The molecule has 0 fully saturated rings. The molecule has 0 aromatic rings. The predicted molar refractivity (Wildman–Crippen MR) is 41.0 cm³/mol. The molecule has 1 atom stereocenters. The Morgan fingerprint density at radius 1 is 1.55 bits per heavy atom.